The number of urea groups is 1. The fourth-order valence-electron chi connectivity index (χ4n) is 5.58. The van der Waals surface area contributed by atoms with E-state index in [-0.39, 0.29) is 48.7 Å². The molecule has 3 aromatic carbocycles. The zero-order chi connectivity index (χ0) is 34.6. The Morgan fingerprint density at radius 3 is 2.40 bits per heavy atom. The Balaban J connectivity index is 1.59. The van der Waals surface area contributed by atoms with Gasteiger partial charge in [-0.15, -0.1) is 0 Å². The molecule has 0 unspecified atom stereocenters. The number of hydrogen-bond acceptors (Lipinski definition) is 7. The first-order valence-electron chi connectivity index (χ1n) is 16.5. The number of aliphatic hydroxyl groups excluding tert-OH is 1. The highest BCUT2D eigenvalue weighted by molar-refractivity contribution is 6.02. The minimum Gasteiger partial charge on any atom is -0.497 e. The van der Waals surface area contributed by atoms with Gasteiger partial charge in [-0.1, -0.05) is 25.1 Å². The van der Waals surface area contributed by atoms with Gasteiger partial charge >= 0.3 is 6.03 Å². The molecule has 258 valence electrons. The number of benzene rings is 3. The highest BCUT2D eigenvalue weighted by Gasteiger charge is 2.31. The molecule has 1 aliphatic heterocycles. The maximum absolute atomic E-state index is 14.4. The Kier molecular flexibility index (Phi) is 13.2. The lowest BCUT2D eigenvalue weighted by molar-refractivity contribution is -0.0149. The van der Waals surface area contributed by atoms with Crippen LogP contribution in [0.25, 0.3) is 0 Å². The van der Waals surface area contributed by atoms with Gasteiger partial charge < -0.3 is 39.8 Å². The average molecular weight is 661 g/mol. The highest BCUT2D eigenvalue weighted by atomic mass is 16.5. The van der Waals surface area contributed by atoms with Crippen molar-refractivity contribution in [3.05, 3.63) is 83.9 Å². The number of fused-ring (bicyclic) bond motifs is 1. The molecule has 0 aliphatic carbocycles. The maximum Gasteiger partial charge on any atom is 0.323 e. The molecule has 48 heavy (non-hydrogen) atoms. The van der Waals surface area contributed by atoms with Crippen LogP contribution in [-0.4, -0.2) is 91.5 Å². The SMILES string of the molecule is COc1ccc(NC(=O)Nc2ccc3c(c2)C(=O)N([C@@H](C)CO)C[C@H](C)[C@@H](CN(C)C(=O)c2ccccc2)OCCCC[C@H](C)O3)cc1. The van der Waals surface area contributed by atoms with Crippen LogP contribution < -0.4 is 20.1 Å². The molecule has 0 saturated heterocycles. The molecule has 1 heterocycles. The van der Waals surface area contributed by atoms with E-state index < -0.39 is 12.1 Å². The van der Waals surface area contributed by atoms with Crippen molar-refractivity contribution < 1.29 is 33.7 Å². The van der Waals surface area contributed by atoms with E-state index in [1.54, 1.807) is 85.5 Å². The van der Waals surface area contributed by atoms with Gasteiger partial charge in [-0.25, -0.2) is 4.79 Å². The summed E-state index contributed by atoms with van der Waals surface area (Å²) in [6.45, 7) is 6.55. The first kappa shape index (κ1) is 36.2. The number of anilines is 2. The summed E-state index contributed by atoms with van der Waals surface area (Å²) < 4.78 is 17.8. The van der Waals surface area contributed by atoms with E-state index in [0.717, 1.165) is 19.3 Å². The maximum atomic E-state index is 14.4. The number of rotatable bonds is 8. The first-order chi connectivity index (χ1) is 23.1. The molecule has 0 saturated carbocycles. The largest absolute Gasteiger partial charge is 0.497 e. The van der Waals surface area contributed by atoms with Gasteiger partial charge in [0, 0.05) is 49.6 Å². The van der Waals surface area contributed by atoms with Gasteiger partial charge in [0.2, 0.25) is 0 Å². The summed E-state index contributed by atoms with van der Waals surface area (Å²) in [4.78, 5) is 43.7. The van der Waals surface area contributed by atoms with Crippen molar-refractivity contribution in [2.24, 2.45) is 5.92 Å². The van der Waals surface area contributed by atoms with Crippen molar-refractivity contribution in [1.82, 2.24) is 9.80 Å². The van der Waals surface area contributed by atoms with Crippen molar-refractivity contribution in [3.8, 4) is 11.5 Å². The third-order valence-electron chi connectivity index (χ3n) is 8.48. The van der Waals surface area contributed by atoms with Crippen molar-refractivity contribution in [1.29, 1.82) is 0 Å². The summed E-state index contributed by atoms with van der Waals surface area (Å²) >= 11 is 0. The van der Waals surface area contributed by atoms with Crippen LogP contribution in [0.3, 0.4) is 0 Å². The smallest absolute Gasteiger partial charge is 0.323 e. The quantitative estimate of drug-likeness (QED) is 0.274. The standard InChI is InChI=1S/C37H48N4O7/c1-25-22-41(26(2)24-42)36(44)32-21-30(39-37(45)38-29-14-17-31(46-5)18-15-29)16-19-33(32)48-27(3)11-9-10-20-47-34(25)23-40(4)35(43)28-12-7-6-8-13-28/h6-8,12-19,21,25-27,34,42H,9-11,20,22-24H2,1-5H3,(H2,38,39,45)/t25-,26-,27-,34+/m0/s1. The van der Waals surface area contributed by atoms with Gasteiger partial charge in [0.05, 0.1) is 37.5 Å². The van der Waals surface area contributed by atoms with Crippen LogP contribution in [-0.2, 0) is 4.74 Å². The number of hydrogen-bond donors (Lipinski definition) is 3. The van der Waals surface area contributed by atoms with Gasteiger partial charge in [-0.3, -0.25) is 9.59 Å². The van der Waals surface area contributed by atoms with Crippen LogP contribution in [0, 0.1) is 5.92 Å². The molecule has 4 amide bonds. The molecule has 0 fully saturated rings. The molecule has 4 rings (SSSR count). The number of amides is 4. The molecule has 11 nitrogen and oxygen atoms in total. The van der Waals surface area contributed by atoms with E-state index in [2.05, 4.69) is 10.6 Å². The zero-order valence-electron chi connectivity index (χ0n) is 28.5. The molecule has 0 bridgehead atoms. The summed E-state index contributed by atoms with van der Waals surface area (Å²) in [6, 6.07) is 20.0. The topological polar surface area (TPSA) is 130 Å². The predicted octanol–water partition coefficient (Wildman–Crippen LogP) is 5.91. The number of ether oxygens (including phenoxy) is 3. The number of likely N-dealkylation sites (N-methyl/N-ethyl adjacent to an activating group) is 1. The van der Waals surface area contributed by atoms with Gasteiger partial charge in [-0.2, -0.15) is 0 Å². The normalized spacial score (nSPS) is 19.6. The summed E-state index contributed by atoms with van der Waals surface area (Å²) in [5.41, 5.74) is 1.83. The molecule has 0 spiro atoms. The van der Waals surface area contributed by atoms with Crippen molar-refractivity contribution >= 4 is 29.2 Å². The van der Waals surface area contributed by atoms with Gasteiger partial charge in [0.1, 0.15) is 11.5 Å². The number of aliphatic hydroxyl groups is 1. The second-order valence-corrected chi connectivity index (χ2v) is 12.4. The number of nitrogens with zero attached hydrogens (tertiary/aromatic N) is 2. The molecule has 0 aromatic heterocycles. The summed E-state index contributed by atoms with van der Waals surface area (Å²) in [7, 11) is 3.32. The van der Waals surface area contributed by atoms with Gasteiger partial charge in [0.25, 0.3) is 11.8 Å². The minimum absolute atomic E-state index is 0.113. The van der Waals surface area contributed by atoms with Gasteiger partial charge in [0.15, 0.2) is 0 Å². The lowest BCUT2D eigenvalue weighted by atomic mass is 10.0. The molecular formula is C37H48N4O7. The van der Waals surface area contributed by atoms with Crippen molar-refractivity contribution in [2.45, 2.75) is 58.3 Å². The molecule has 0 radical (unpaired) electrons. The fraction of sp³-hybridized carbons (Fsp3) is 0.432. The average Bonchev–Trinajstić information content (AvgIpc) is 3.09. The second kappa shape index (κ2) is 17.5. The molecule has 3 N–H and O–H groups in total. The molecular weight excluding hydrogens is 612 g/mol. The van der Waals surface area contributed by atoms with Crippen LogP contribution in [0.2, 0.25) is 0 Å². The third-order valence-corrected chi connectivity index (χ3v) is 8.48. The Bertz CT molecular complexity index is 1500. The Morgan fingerprint density at radius 1 is 1.02 bits per heavy atom. The monoisotopic (exact) mass is 660 g/mol. The minimum atomic E-state index is -0.530. The Morgan fingerprint density at radius 2 is 1.71 bits per heavy atom. The molecule has 1 aliphatic rings. The van der Waals surface area contributed by atoms with Crippen LogP contribution in [0.1, 0.15) is 60.7 Å². The summed E-state index contributed by atoms with van der Waals surface area (Å²) in [5.74, 6) is 0.403. The fourth-order valence-corrected chi connectivity index (χ4v) is 5.58. The lowest BCUT2D eigenvalue weighted by Crippen LogP contribution is -2.48. The highest BCUT2D eigenvalue weighted by Crippen LogP contribution is 2.29. The first-order valence-corrected chi connectivity index (χ1v) is 16.5. The third kappa shape index (κ3) is 9.95. The number of nitrogens with one attached hydrogen (secondary N) is 2. The van der Waals surface area contributed by atoms with Crippen LogP contribution in [0.4, 0.5) is 16.2 Å². The second-order valence-electron chi connectivity index (χ2n) is 12.4. The molecule has 4 atom stereocenters. The van der Waals surface area contributed by atoms with E-state index in [0.29, 0.717) is 41.6 Å². The van der Waals surface area contributed by atoms with Crippen molar-refractivity contribution in [2.75, 3.05) is 51.1 Å². The van der Waals surface area contributed by atoms with E-state index in [1.807, 2.05) is 32.0 Å². The number of carbonyl (C=O) groups excluding carboxylic acids is 3. The van der Waals surface area contributed by atoms with Gasteiger partial charge in [-0.05, 0) is 87.7 Å². The zero-order valence-corrected chi connectivity index (χ0v) is 28.5. The van der Waals surface area contributed by atoms with Crippen LogP contribution >= 0.6 is 0 Å². The van der Waals surface area contributed by atoms with E-state index in [1.165, 1.54) is 0 Å². The summed E-state index contributed by atoms with van der Waals surface area (Å²) in [5, 5.41) is 15.8. The van der Waals surface area contributed by atoms with E-state index in [9.17, 15) is 19.5 Å². The Hall–Kier alpha value is -4.61. The number of carbonyl (C=O) groups is 3. The Labute approximate surface area is 283 Å². The lowest BCUT2D eigenvalue weighted by Gasteiger charge is -2.36. The van der Waals surface area contributed by atoms with E-state index in [4.69, 9.17) is 14.2 Å². The van der Waals surface area contributed by atoms with Crippen LogP contribution in [0.15, 0.2) is 72.8 Å². The molecule has 11 heteroatoms. The molecule has 3 aromatic rings. The number of methoxy groups -OCH3 is 1. The predicted molar refractivity (Wildman–Crippen MR) is 186 cm³/mol. The van der Waals surface area contributed by atoms with Crippen LogP contribution in [0.5, 0.6) is 11.5 Å². The van der Waals surface area contributed by atoms with Crippen molar-refractivity contribution in [3.63, 3.8) is 0 Å². The summed E-state index contributed by atoms with van der Waals surface area (Å²) in [6.07, 6.45) is 1.84. The van der Waals surface area contributed by atoms with E-state index >= 15 is 0 Å².